The average molecular weight is 386 g/mol. The molecule has 7 heteroatoms. The van der Waals surface area contributed by atoms with Gasteiger partial charge in [0.05, 0.1) is 25.2 Å². The van der Waals surface area contributed by atoms with Crippen molar-refractivity contribution in [3.05, 3.63) is 63.7 Å². The first-order valence-corrected chi connectivity index (χ1v) is 9.49. The molecule has 0 radical (unpaired) electrons. The van der Waals surface area contributed by atoms with E-state index in [1.807, 2.05) is 12.1 Å². The second-order valence-corrected chi connectivity index (χ2v) is 6.76. The summed E-state index contributed by atoms with van der Waals surface area (Å²) in [6.45, 7) is 5.08. The molecule has 1 heterocycles. The van der Waals surface area contributed by atoms with Crippen LogP contribution in [-0.4, -0.2) is 49.8 Å². The predicted octanol–water partition coefficient (Wildman–Crippen LogP) is 3.45. The van der Waals surface area contributed by atoms with Gasteiger partial charge >= 0.3 is 0 Å². The van der Waals surface area contributed by atoms with E-state index in [0.717, 1.165) is 51.3 Å². The quantitative estimate of drug-likeness (QED) is 0.485. The van der Waals surface area contributed by atoms with Crippen molar-refractivity contribution in [2.45, 2.75) is 19.4 Å². The van der Waals surface area contributed by atoms with Crippen LogP contribution in [0.2, 0.25) is 0 Å². The molecule has 0 aromatic heterocycles. The summed E-state index contributed by atoms with van der Waals surface area (Å²) in [5, 5.41) is 10.7. The Kier molecular flexibility index (Phi) is 7.22. The van der Waals surface area contributed by atoms with Crippen molar-refractivity contribution in [3.63, 3.8) is 0 Å². The molecule has 28 heavy (non-hydrogen) atoms. The Labute approximate surface area is 165 Å². The van der Waals surface area contributed by atoms with Crippen LogP contribution in [0, 0.1) is 10.1 Å². The van der Waals surface area contributed by atoms with Gasteiger partial charge in [-0.1, -0.05) is 6.07 Å². The number of nitro benzene ring substituents is 1. The topological polar surface area (TPSA) is 74.1 Å². The highest BCUT2D eigenvalue weighted by atomic mass is 16.6. The number of ether oxygens (including phenoxy) is 3. The molecule has 1 fully saturated rings. The summed E-state index contributed by atoms with van der Waals surface area (Å²) in [5.41, 5.74) is 2.15. The maximum atomic E-state index is 10.7. The van der Waals surface area contributed by atoms with Crippen LogP contribution in [0.4, 0.5) is 5.69 Å². The van der Waals surface area contributed by atoms with Crippen molar-refractivity contribution in [3.8, 4) is 11.5 Å². The third-order valence-corrected chi connectivity index (χ3v) is 4.81. The van der Waals surface area contributed by atoms with Gasteiger partial charge in [-0.25, -0.2) is 0 Å². The molecule has 2 aromatic rings. The van der Waals surface area contributed by atoms with Crippen molar-refractivity contribution in [1.82, 2.24) is 4.90 Å². The molecule has 0 bridgehead atoms. The standard InChI is InChI=1S/C21H26N2O5/c1-26-21-15-17(3-2-10-22-11-13-27-14-12-22)6-9-20(21)28-16-18-4-7-19(8-5-18)23(24)25/h4-9,15H,2-3,10-14,16H2,1H3. The van der Waals surface area contributed by atoms with E-state index in [-0.39, 0.29) is 5.69 Å². The largest absolute Gasteiger partial charge is 0.493 e. The van der Waals surface area contributed by atoms with Gasteiger partial charge in [0, 0.05) is 25.2 Å². The fourth-order valence-corrected chi connectivity index (χ4v) is 3.19. The summed E-state index contributed by atoms with van der Waals surface area (Å²) in [4.78, 5) is 12.7. The highest BCUT2D eigenvalue weighted by molar-refractivity contribution is 5.43. The van der Waals surface area contributed by atoms with Gasteiger partial charge in [0.1, 0.15) is 6.61 Å². The van der Waals surface area contributed by atoms with Gasteiger partial charge in [0.25, 0.3) is 5.69 Å². The summed E-state index contributed by atoms with van der Waals surface area (Å²) in [6.07, 6.45) is 2.07. The Morgan fingerprint density at radius 3 is 2.46 bits per heavy atom. The van der Waals surface area contributed by atoms with Crippen LogP contribution in [0.3, 0.4) is 0 Å². The lowest BCUT2D eigenvalue weighted by Gasteiger charge is -2.26. The lowest BCUT2D eigenvalue weighted by atomic mass is 10.1. The molecular formula is C21H26N2O5. The maximum absolute atomic E-state index is 10.7. The predicted molar refractivity (Wildman–Crippen MR) is 106 cm³/mol. The zero-order valence-electron chi connectivity index (χ0n) is 16.1. The molecule has 3 rings (SSSR count). The molecule has 0 amide bonds. The Morgan fingerprint density at radius 2 is 1.79 bits per heavy atom. The van der Waals surface area contributed by atoms with Gasteiger partial charge in [-0.15, -0.1) is 0 Å². The molecule has 1 aliphatic heterocycles. The normalized spacial score (nSPS) is 14.6. The van der Waals surface area contributed by atoms with Crippen molar-refractivity contribution in [2.24, 2.45) is 0 Å². The lowest BCUT2D eigenvalue weighted by molar-refractivity contribution is -0.384. The molecule has 0 aliphatic carbocycles. The highest BCUT2D eigenvalue weighted by Crippen LogP contribution is 2.29. The van der Waals surface area contributed by atoms with E-state index in [4.69, 9.17) is 14.2 Å². The Balaban J connectivity index is 1.52. The number of rotatable bonds is 9. The first-order valence-electron chi connectivity index (χ1n) is 9.49. The summed E-state index contributed by atoms with van der Waals surface area (Å²) in [6, 6.07) is 12.4. The Hall–Kier alpha value is -2.64. The van der Waals surface area contributed by atoms with Gasteiger partial charge in [-0.2, -0.15) is 0 Å². The molecule has 1 aliphatic rings. The van der Waals surface area contributed by atoms with Crippen LogP contribution in [0.15, 0.2) is 42.5 Å². The highest BCUT2D eigenvalue weighted by Gasteiger charge is 2.11. The monoisotopic (exact) mass is 386 g/mol. The Morgan fingerprint density at radius 1 is 1.07 bits per heavy atom. The van der Waals surface area contributed by atoms with Crippen molar-refractivity contribution in [2.75, 3.05) is 40.0 Å². The third-order valence-electron chi connectivity index (χ3n) is 4.81. The third kappa shape index (κ3) is 5.68. The second kappa shape index (κ2) is 10.1. The van der Waals surface area contributed by atoms with E-state index in [1.54, 1.807) is 19.2 Å². The SMILES string of the molecule is COc1cc(CCCN2CCOCC2)ccc1OCc1ccc([N+](=O)[O-])cc1. The van der Waals surface area contributed by atoms with Gasteiger partial charge in [0.15, 0.2) is 11.5 Å². The molecule has 2 aromatic carbocycles. The number of morpholine rings is 1. The Bertz CT molecular complexity index is 773. The van der Waals surface area contributed by atoms with Crippen LogP contribution < -0.4 is 9.47 Å². The van der Waals surface area contributed by atoms with Crippen LogP contribution in [0.1, 0.15) is 17.5 Å². The fraction of sp³-hybridized carbons (Fsp3) is 0.429. The minimum absolute atomic E-state index is 0.0720. The second-order valence-electron chi connectivity index (χ2n) is 6.76. The number of benzene rings is 2. The zero-order valence-corrected chi connectivity index (χ0v) is 16.1. The van der Waals surface area contributed by atoms with Gasteiger partial charge < -0.3 is 14.2 Å². The van der Waals surface area contributed by atoms with Gasteiger partial charge in [-0.3, -0.25) is 15.0 Å². The molecule has 0 saturated carbocycles. The molecule has 0 N–H and O–H groups in total. The van der Waals surface area contributed by atoms with Crippen LogP contribution in [0.5, 0.6) is 11.5 Å². The molecule has 0 spiro atoms. The first kappa shape index (κ1) is 20.1. The molecule has 0 atom stereocenters. The smallest absolute Gasteiger partial charge is 0.269 e. The molecular weight excluding hydrogens is 360 g/mol. The summed E-state index contributed by atoms with van der Waals surface area (Å²) in [5.74, 6) is 1.36. The summed E-state index contributed by atoms with van der Waals surface area (Å²) < 4.78 is 16.7. The van der Waals surface area contributed by atoms with Crippen LogP contribution >= 0.6 is 0 Å². The van der Waals surface area contributed by atoms with E-state index in [9.17, 15) is 10.1 Å². The molecule has 1 saturated heterocycles. The minimum Gasteiger partial charge on any atom is -0.493 e. The van der Waals surface area contributed by atoms with Crippen LogP contribution in [-0.2, 0) is 17.8 Å². The van der Waals surface area contributed by atoms with Gasteiger partial charge in [-0.05, 0) is 54.8 Å². The number of nitrogens with zero attached hydrogens (tertiary/aromatic N) is 2. The first-order chi connectivity index (χ1) is 13.7. The number of hydrogen-bond acceptors (Lipinski definition) is 6. The van der Waals surface area contributed by atoms with E-state index in [0.29, 0.717) is 18.1 Å². The van der Waals surface area contributed by atoms with Crippen molar-refractivity contribution >= 4 is 5.69 Å². The van der Waals surface area contributed by atoms with E-state index >= 15 is 0 Å². The van der Waals surface area contributed by atoms with E-state index in [1.165, 1.54) is 17.7 Å². The van der Waals surface area contributed by atoms with Crippen molar-refractivity contribution < 1.29 is 19.1 Å². The average Bonchev–Trinajstić information content (AvgIpc) is 2.73. The summed E-state index contributed by atoms with van der Waals surface area (Å²) in [7, 11) is 1.63. The molecule has 150 valence electrons. The fourth-order valence-electron chi connectivity index (χ4n) is 3.19. The number of methoxy groups -OCH3 is 1. The van der Waals surface area contributed by atoms with E-state index in [2.05, 4.69) is 11.0 Å². The summed E-state index contributed by atoms with van der Waals surface area (Å²) >= 11 is 0. The number of hydrogen-bond donors (Lipinski definition) is 0. The number of non-ortho nitro benzene ring substituents is 1. The van der Waals surface area contributed by atoms with E-state index < -0.39 is 4.92 Å². The van der Waals surface area contributed by atoms with Crippen LogP contribution in [0.25, 0.3) is 0 Å². The van der Waals surface area contributed by atoms with Crippen molar-refractivity contribution in [1.29, 1.82) is 0 Å². The lowest BCUT2D eigenvalue weighted by Crippen LogP contribution is -2.36. The molecule has 7 nitrogen and oxygen atoms in total. The maximum Gasteiger partial charge on any atom is 0.269 e. The number of nitro groups is 1. The van der Waals surface area contributed by atoms with Gasteiger partial charge in [0.2, 0.25) is 0 Å². The number of aryl methyl sites for hydroxylation is 1. The minimum atomic E-state index is -0.411. The zero-order chi connectivity index (χ0) is 19.8. The molecule has 0 unspecified atom stereocenters.